The van der Waals surface area contributed by atoms with Crippen LogP contribution in [0.5, 0.6) is 0 Å². The van der Waals surface area contributed by atoms with E-state index in [4.69, 9.17) is 0 Å². The van der Waals surface area contributed by atoms with Gasteiger partial charge >= 0.3 is 0 Å². The van der Waals surface area contributed by atoms with Crippen molar-refractivity contribution in [3.05, 3.63) is 0 Å². The molecule has 0 aliphatic heterocycles. The Hall–Kier alpha value is -0.0400. The fraction of sp³-hybridized carbons (Fsp3) is 1.00. The highest BCUT2D eigenvalue weighted by Crippen LogP contribution is 2.43. The van der Waals surface area contributed by atoms with E-state index in [1.807, 2.05) is 0 Å². The Morgan fingerprint density at radius 2 is 1.85 bits per heavy atom. The molecule has 1 aliphatic carbocycles. The van der Waals surface area contributed by atoms with Crippen molar-refractivity contribution in [2.75, 3.05) is 0 Å². The second-order valence-electron chi connectivity index (χ2n) is 4.92. The standard InChI is InChI=1S/C12H24.H2O/c1-5-6-12-10(4)7-8-11(12)9(2)3;/h9-12H,5-8H2,1-4H3;1H2. The summed E-state index contributed by atoms with van der Waals surface area (Å²) in [6.07, 6.45) is 5.80. The van der Waals surface area contributed by atoms with Gasteiger partial charge in [0.2, 0.25) is 0 Å². The van der Waals surface area contributed by atoms with Crippen LogP contribution in [0.2, 0.25) is 0 Å². The van der Waals surface area contributed by atoms with Crippen molar-refractivity contribution >= 4 is 0 Å². The summed E-state index contributed by atoms with van der Waals surface area (Å²) in [4.78, 5) is 0. The third-order valence-corrected chi connectivity index (χ3v) is 3.71. The van der Waals surface area contributed by atoms with Crippen LogP contribution < -0.4 is 0 Å². The van der Waals surface area contributed by atoms with Crippen LogP contribution in [-0.2, 0) is 0 Å². The van der Waals surface area contributed by atoms with Gasteiger partial charge in [-0.3, -0.25) is 0 Å². The first-order valence-corrected chi connectivity index (χ1v) is 5.66. The summed E-state index contributed by atoms with van der Waals surface area (Å²) >= 11 is 0. The molecule has 13 heavy (non-hydrogen) atoms. The number of hydrogen-bond acceptors (Lipinski definition) is 0. The molecule has 0 heterocycles. The van der Waals surface area contributed by atoms with Gasteiger partial charge in [0.1, 0.15) is 0 Å². The molecule has 1 aliphatic rings. The van der Waals surface area contributed by atoms with Crippen molar-refractivity contribution in [1.82, 2.24) is 0 Å². The van der Waals surface area contributed by atoms with Gasteiger partial charge in [-0.2, -0.15) is 0 Å². The first-order chi connectivity index (χ1) is 5.66. The molecule has 3 atom stereocenters. The van der Waals surface area contributed by atoms with E-state index in [-0.39, 0.29) is 5.48 Å². The summed E-state index contributed by atoms with van der Waals surface area (Å²) < 4.78 is 0. The maximum absolute atomic E-state index is 2.45. The van der Waals surface area contributed by atoms with Crippen LogP contribution in [0.4, 0.5) is 0 Å². The highest BCUT2D eigenvalue weighted by Gasteiger charge is 2.33. The molecule has 0 radical (unpaired) electrons. The Morgan fingerprint density at radius 3 is 2.31 bits per heavy atom. The Morgan fingerprint density at radius 1 is 1.23 bits per heavy atom. The molecular formula is C12H26O. The normalized spacial score (nSPS) is 33.5. The van der Waals surface area contributed by atoms with Crippen LogP contribution in [0.25, 0.3) is 0 Å². The molecule has 0 aromatic heterocycles. The minimum absolute atomic E-state index is 0. The van der Waals surface area contributed by atoms with Crippen LogP contribution in [-0.4, -0.2) is 5.48 Å². The second kappa shape index (κ2) is 5.64. The topological polar surface area (TPSA) is 31.5 Å². The van der Waals surface area contributed by atoms with Gasteiger partial charge in [0, 0.05) is 0 Å². The van der Waals surface area contributed by atoms with E-state index in [0.29, 0.717) is 0 Å². The van der Waals surface area contributed by atoms with E-state index < -0.39 is 0 Å². The zero-order chi connectivity index (χ0) is 9.14. The van der Waals surface area contributed by atoms with Crippen LogP contribution >= 0.6 is 0 Å². The van der Waals surface area contributed by atoms with Crippen LogP contribution in [0.15, 0.2) is 0 Å². The lowest BCUT2D eigenvalue weighted by Crippen LogP contribution is -2.17. The minimum atomic E-state index is 0. The summed E-state index contributed by atoms with van der Waals surface area (Å²) in [5.41, 5.74) is 0. The lowest BCUT2D eigenvalue weighted by atomic mass is 9.80. The highest BCUT2D eigenvalue weighted by atomic mass is 16.0. The van der Waals surface area contributed by atoms with Gasteiger partial charge in [-0.1, -0.05) is 47.0 Å². The SMILES string of the molecule is CCCC1C(C)CCC1C(C)C.O. The van der Waals surface area contributed by atoms with E-state index in [9.17, 15) is 0 Å². The molecule has 80 valence electrons. The van der Waals surface area contributed by atoms with E-state index >= 15 is 0 Å². The number of rotatable bonds is 3. The Balaban J connectivity index is 0.00000144. The summed E-state index contributed by atoms with van der Waals surface area (Å²) in [7, 11) is 0. The smallest absolute Gasteiger partial charge is 0.0358 e. The third-order valence-electron chi connectivity index (χ3n) is 3.71. The lowest BCUT2D eigenvalue weighted by Gasteiger charge is -2.25. The first kappa shape index (κ1) is 13.0. The Labute approximate surface area is 83.2 Å². The van der Waals surface area contributed by atoms with Gasteiger partial charge in [-0.25, -0.2) is 0 Å². The molecule has 1 nitrogen and oxygen atoms in total. The second-order valence-corrected chi connectivity index (χ2v) is 4.92. The van der Waals surface area contributed by atoms with Gasteiger partial charge in [0.15, 0.2) is 0 Å². The third kappa shape index (κ3) is 2.98. The molecule has 0 bridgehead atoms. The maximum Gasteiger partial charge on any atom is -0.0358 e. The van der Waals surface area contributed by atoms with E-state index in [1.54, 1.807) is 0 Å². The molecular weight excluding hydrogens is 160 g/mol. The monoisotopic (exact) mass is 186 g/mol. The van der Waals surface area contributed by atoms with Crippen molar-refractivity contribution in [3.63, 3.8) is 0 Å². The number of hydrogen-bond donors (Lipinski definition) is 0. The van der Waals surface area contributed by atoms with Crippen molar-refractivity contribution < 1.29 is 5.48 Å². The zero-order valence-electron chi connectivity index (χ0n) is 9.64. The predicted molar refractivity (Wildman–Crippen MR) is 58.7 cm³/mol. The van der Waals surface area contributed by atoms with Crippen molar-refractivity contribution in [1.29, 1.82) is 0 Å². The van der Waals surface area contributed by atoms with Gasteiger partial charge in [0.25, 0.3) is 0 Å². The fourth-order valence-electron chi connectivity index (χ4n) is 2.97. The molecule has 1 heteroatoms. The van der Waals surface area contributed by atoms with E-state index in [0.717, 1.165) is 23.7 Å². The molecule has 0 spiro atoms. The van der Waals surface area contributed by atoms with Crippen molar-refractivity contribution in [2.24, 2.45) is 23.7 Å². The molecule has 3 unspecified atom stereocenters. The first-order valence-electron chi connectivity index (χ1n) is 5.66. The van der Waals surface area contributed by atoms with E-state index in [1.165, 1.54) is 25.7 Å². The van der Waals surface area contributed by atoms with Crippen LogP contribution in [0, 0.1) is 23.7 Å². The predicted octanol–water partition coefficient (Wildman–Crippen LogP) is 3.28. The fourth-order valence-corrected chi connectivity index (χ4v) is 2.97. The Kier molecular flexibility index (Phi) is 5.62. The van der Waals surface area contributed by atoms with E-state index in [2.05, 4.69) is 27.7 Å². The quantitative estimate of drug-likeness (QED) is 0.648. The summed E-state index contributed by atoms with van der Waals surface area (Å²) in [6.45, 7) is 9.56. The molecule has 1 fully saturated rings. The molecule has 1 rings (SSSR count). The zero-order valence-corrected chi connectivity index (χ0v) is 9.64. The lowest BCUT2D eigenvalue weighted by molar-refractivity contribution is 0.244. The van der Waals surface area contributed by atoms with Crippen molar-refractivity contribution in [3.8, 4) is 0 Å². The summed E-state index contributed by atoms with van der Waals surface area (Å²) in [6, 6.07) is 0. The summed E-state index contributed by atoms with van der Waals surface area (Å²) in [5, 5.41) is 0. The molecule has 0 aromatic carbocycles. The van der Waals surface area contributed by atoms with Crippen LogP contribution in [0.3, 0.4) is 0 Å². The van der Waals surface area contributed by atoms with Gasteiger partial charge in [-0.05, 0) is 30.1 Å². The largest absolute Gasteiger partial charge is 0.412 e. The molecule has 0 amide bonds. The highest BCUT2D eigenvalue weighted by molar-refractivity contribution is 4.83. The average Bonchev–Trinajstić information content (AvgIpc) is 2.34. The van der Waals surface area contributed by atoms with Gasteiger partial charge < -0.3 is 5.48 Å². The minimum Gasteiger partial charge on any atom is -0.412 e. The molecule has 1 saturated carbocycles. The van der Waals surface area contributed by atoms with Crippen molar-refractivity contribution in [2.45, 2.75) is 53.4 Å². The average molecular weight is 186 g/mol. The Bertz CT molecular complexity index is 131. The molecule has 0 aromatic rings. The summed E-state index contributed by atoms with van der Waals surface area (Å²) in [5.74, 6) is 3.97. The molecule has 0 saturated heterocycles. The van der Waals surface area contributed by atoms with Gasteiger partial charge in [-0.15, -0.1) is 0 Å². The maximum atomic E-state index is 2.45. The molecule has 2 N–H and O–H groups in total. The van der Waals surface area contributed by atoms with Crippen LogP contribution in [0.1, 0.15) is 53.4 Å². The van der Waals surface area contributed by atoms with Gasteiger partial charge in [0.05, 0.1) is 0 Å².